The molecular weight excluding hydrogens is 352 g/mol. The van der Waals surface area contributed by atoms with Gasteiger partial charge in [-0.05, 0) is 30.3 Å². The minimum atomic E-state index is 0.110. The lowest BCUT2D eigenvalue weighted by Crippen LogP contribution is -2.64. The fourth-order valence-electron chi connectivity index (χ4n) is 3.98. The van der Waals surface area contributed by atoms with Gasteiger partial charge >= 0.3 is 0 Å². The Morgan fingerprint density at radius 2 is 1.64 bits per heavy atom. The van der Waals surface area contributed by atoms with Crippen LogP contribution in [0.25, 0.3) is 10.9 Å². The zero-order valence-corrected chi connectivity index (χ0v) is 15.6. The Labute approximate surface area is 163 Å². The average molecular weight is 374 g/mol. The normalized spacial score (nSPS) is 18.3. The van der Waals surface area contributed by atoms with Crippen LogP contribution in [0.2, 0.25) is 0 Å². The Bertz CT molecular complexity index is 980. The number of hydrogen-bond donors (Lipinski definition) is 0. The molecule has 2 aliphatic rings. The first kappa shape index (κ1) is 17.1. The second-order valence-electron chi connectivity index (χ2n) is 7.35. The van der Waals surface area contributed by atoms with Gasteiger partial charge in [-0.2, -0.15) is 0 Å². The van der Waals surface area contributed by atoms with E-state index >= 15 is 0 Å². The Kier molecular flexibility index (Phi) is 4.37. The standard InChI is InChI=1S/C21H22N6O/c28-20(17-4-5-19-16(13-17)3-1-6-22-19)27-14-18(15-27)25-9-11-26(12-10-25)21-23-7-2-8-24-21/h1-8,13,18H,9-12,14-15H2. The van der Waals surface area contributed by atoms with Crippen LogP contribution in [-0.2, 0) is 0 Å². The number of pyridine rings is 1. The van der Waals surface area contributed by atoms with Crippen LogP contribution in [0.1, 0.15) is 10.4 Å². The number of nitrogens with zero attached hydrogens (tertiary/aromatic N) is 6. The van der Waals surface area contributed by atoms with Crippen molar-refractivity contribution in [1.29, 1.82) is 0 Å². The molecule has 0 bridgehead atoms. The zero-order valence-electron chi connectivity index (χ0n) is 15.6. The smallest absolute Gasteiger partial charge is 0.253 e. The van der Waals surface area contributed by atoms with E-state index in [1.807, 2.05) is 41.3 Å². The molecule has 1 amide bonds. The van der Waals surface area contributed by atoms with Gasteiger partial charge in [0.2, 0.25) is 5.95 Å². The van der Waals surface area contributed by atoms with Crippen LogP contribution in [0.15, 0.2) is 55.0 Å². The summed E-state index contributed by atoms with van der Waals surface area (Å²) in [6.07, 6.45) is 5.34. The van der Waals surface area contributed by atoms with E-state index in [1.165, 1.54) is 0 Å². The van der Waals surface area contributed by atoms with E-state index in [9.17, 15) is 4.79 Å². The Morgan fingerprint density at radius 1 is 0.893 bits per heavy atom. The molecule has 28 heavy (non-hydrogen) atoms. The monoisotopic (exact) mass is 374 g/mol. The topological polar surface area (TPSA) is 65.5 Å². The zero-order chi connectivity index (χ0) is 18.9. The summed E-state index contributed by atoms with van der Waals surface area (Å²) >= 11 is 0. The maximum absolute atomic E-state index is 12.8. The molecule has 5 rings (SSSR count). The molecule has 0 aliphatic carbocycles. The van der Waals surface area contributed by atoms with Crippen molar-refractivity contribution in [3.8, 4) is 0 Å². The first-order chi connectivity index (χ1) is 13.8. The summed E-state index contributed by atoms with van der Waals surface area (Å²) in [6, 6.07) is 11.9. The minimum absolute atomic E-state index is 0.110. The largest absolute Gasteiger partial charge is 0.338 e. The van der Waals surface area contributed by atoms with Crippen molar-refractivity contribution in [2.75, 3.05) is 44.2 Å². The molecule has 2 aliphatic heterocycles. The lowest BCUT2D eigenvalue weighted by Gasteiger charge is -2.48. The van der Waals surface area contributed by atoms with Gasteiger partial charge in [-0.25, -0.2) is 9.97 Å². The van der Waals surface area contributed by atoms with E-state index in [2.05, 4.69) is 24.8 Å². The predicted octanol–water partition coefficient (Wildman–Crippen LogP) is 1.67. The van der Waals surface area contributed by atoms with E-state index < -0.39 is 0 Å². The van der Waals surface area contributed by atoms with Gasteiger partial charge in [0.15, 0.2) is 0 Å². The highest BCUT2D eigenvalue weighted by Crippen LogP contribution is 2.22. The molecule has 0 atom stereocenters. The summed E-state index contributed by atoms with van der Waals surface area (Å²) in [5, 5.41) is 1.00. The Hall–Kier alpha value is -3.06. The molecule has 142 valence electrons. The molecule has 7 nitrogen and oxygen atoms in total. The molecule has 2 fully saturated rings. The van der Waals surface area contributed by atoms with Crippen molar-refractivity contribution < 1.29 is 4.79 Å². The fraction of sp³-hybridized carbons (Fsp3) is 0.333. The summed E-state index contributed by atoms with van der Waals surface area (Å²) in [4.78, 5) is 32.4. The van der Waals surface area contributed by atoms with E-state index in [0.29, 0.717) is 6.04 Å². The summed E-state index contributed by atoms with van der Waals surface area (Å²) in [6.45, 7) is 5.40. The molecule has 7 heteroatoms. The van der Waals surface area contributed by atoms with Gasteiger partial charge in [-0.3, -0.25) is 14.7 Å². The van der Waals surface area contributed by atoms with Crippen LogP contribution < -0.4 is 4.90 Å². The maximum atomic E-state index is 12.8. The highest BCUT2D eigenvalue weighted by Gasteiger charge is 2.36. The van der Waals surface area contributed by atoms with Crippen LogP contribution in [-0.4, -0.2) is 76.0 Å². The summed E-state index contributed by atoms with van der Waals surface area (Å²) in [5.74, 6) is 0.914. The molecule has 4 heterocycles. The van der Waals surface area contributed by atoms with E-state index in [4.69, 9.17) is 0 Å². The highest BCUT2D eigenvalue weighted by molar-refractivity contribution is 5.98. The summed E-state index contributed by atoms with van der Waals surface area (Å²) in [7, 11) is 0. The molecule has 1 aromatic carbocycles. The number of carbonyl (C=O) groups excluding carboxylic acids is 1. The highest BCUT2D eigenvalue weighted by atomic mass is 16.2. The average Bonchev–Trinajstić information content (AvgIpc) is 2.73. The quantitative estimate of drug-likeness (QED) is 0.695. The molecule has 0 spiro atoms. The number of fused-ring (bicyclic) bond motifs is 1. The third-order valence-corrected chi connectivity index (χ3v) is 5.67. The number of rotatable bonds is 3. The van der Waals surface area contributed by atoms with Crippen LogP contribution in [0.5, 0.6) is 0 Å². The third kappa shape index (κ3) is 3.18. The fourth-order valence-corrected chi connectivity index (χ4v) is 3.98. The lowest BCUT2D eigenvalue weighted by atomic mass is 10.0. The number of likely N-dealkylation sites (tertiary alicyclic amines) is 1. The van der Waals surface area contributed by atoms with Crippen LogP contribution in [0.4, 0.5) is 5.95 Å². The Morgan fingerprint density at radius 3 is 2.43 bits per heavy atom. The van der Waals surface area contributed by atoms with Crippen LogP contribution >= 0.6 is 0 Å². The summed E-state index contributed by atoms with van der Waals surface area (Å²) in [5.41, 5.74) is 1.66. The molecule has 0 saturated carbocycles. The van der Waals surface area contributed by atoms with Crippen LogP contribution in [0.3, 0.4) is 0 Å². The van der Waals surface area contributed by atoms with Gasteiger partial charge in [-0.15, -0.1) is 0 Å². The van der Waals surface area contributed by atoms with Crippen molar-refractivity contribution in [1.82, 2.24) is 24.8 Å². The van der Waals surface area contributed by atoms with Crippen molar-refractivity contribution in [2.24, 2.45) is 0 Å². The van der Waals surface area contributed by atoms with Gasteiger partial charge in [0.25, 0.3) is 5.91 Å². The van der Waals surface area contributed by atoms with Crippen molar-refractivity contribution in [3.63, 3.8) is 0 Å². The van der Waals surface area contributed by atoms with Crippen molar-refractivity contribution >= 4 is 22.8 Å². The number of carbonyl (C=O) groups is 1. The van der Waals surface area contributed by atoms with Crippen LogP contribution in [0, 0.1) is 0 Å². The van der Waals surface area contributed by atoms with E-state index in [-0.39, 0.29) is 5.91 Å². The molecule has 0 N–H and O–H groups in total. The van der Waals surface area contributed by atoms with Gasteiger partial charge in [0.1, 0.15) is 0 Å². The van der Waals surface area contributed by atoms with E-state index in [1.54, 1.807) is 18.6 Å². The first-order valence-corrected chi connectivity index (χ1v) is 9.68. The van der Waals surface area contributed by atoms with Crippen molar-refractivity contribution in [2.45, 2.75) is 6.04 Å². The molecule has 0 unspecified atom stereocenters. The molecule has 2 saturated heterocycles. The number of benzene rings is 1. The second-order valence-corrected chi connectivity index (χ2v) is 7.35. The number of aromatic nitrogens is 3. The predicted molar refractivity (Wildman–Crippen MR) is 107 cm³/mol. The van der Waals surface area contributed by atoms with Gasteiger partial charge < -0.3 is 9.80 Å². The number of piperazine rings is 1. The van der Waals surface area contributed by atoms with Gasteiger partial charge in [0, 0.05) is 74.9 Å². The minimum Gasteiger partial charge on any atom is -0.338 e. The van der Waals surface area contributed by atoms with Crippen molar-refractivity contribution in [3.05, 3.63) is 60.6 Å². The molecule has 2 aromatic heterocycles. The molecular formula is C21H22N6O. The van der Waals surface area contributed by atoms with Gasteiger partial charge in [0.05, 0.1) is 5.52 Å². The van der Waals surface area contributed by atoms with E-state index in [0.717, 1.165) is 61.7 Å². The SMILES string of the molecule is O=C(c1ccc2ncccc2c1)N1CC(N2CCN(c3ncccn3)CC2)C1. The first-order valence-electron chi connectivity index (χ1n) is 9.68. The number of anilines is 1. The lowest BCUT2D eigenvalue weighted by molar-refractivity contribution is 0.0246. The maximum Gasteiger partial charge on any atom is 0.253 e. The third-order valence-electron chi connectivity index (χ3n) is 5.67. The Balaban J connectivity index is 1.17. The van der Waals surface area contributed by atoms with Gasteiger partial charge in [-0.1, -0.05) is 6.07 Å². The number of amides is 1. The number of hydrogen-bond acceptors (Lipinski definition) is 6. The molecule has 3 aromatic rings. The molecule has 0 radical (unpaired) electrons. The summed E-state index contributed by atoms with van der Waals surface area (Å²) < 4.78 is 0. The second kappa shape index (κ2) is 7.16.